The van der Waals surface area contributed by atoms with Gasteiger partial charge in [0.05, 0.1) is 22.8 Å². The fraction of sp³-hybridized carbons (Fsp3) is 0.375. The van der Waals surface area contributed by atoms with Crippen LogP contribution in [-0.2, 0) is 14.3 Å². The average molecular weight is 464 g/mol. The molecule has 0 radical (unpaired) electrons. The standard InChI is InChI=1S/C24H24N4O6/c1-14(2)28-23-17(12-25-28)16(24(31)34-13-22(30)27-7-3-4-21(27)29)11-18(26-23)15-5-6-19-20(10-15)33-9-8-32-19/h5-6,10-12,14H,3-4,7-9,13H2,1-2H3. The number of hydrogen-bond acceptors (Lipinski definition) is 8. The Bertz CT molecular complexity index is 1300. The molecule has 10 nitrogen and oxygen atoms in total. The van der Waals surface area contributed by atoms with E-state index < -0.39 is 18.5 Å². The largest absolute Gasteiger partial charge is 0.486 e. The van der Waals surface area contributed by atoms with E-state index in [0.717, 1.165) is 10.5 Å². The van der Waals surface area contributed by atoms with Gasteiger partial charge >= 0.3 is 5.97 Å². The van der Waals surface area contributed by atoms with E-state index in [4.69, 9.17) is 19.2 Å². The molecular formula is C24H24N4O6. The Hall–Kier alpha value is -3.95. The van der Waals surface area contributed by atoms with Gasteiger partial charge < -0.3 is 14.2 Å². The molecule has 0 unspecified atom stereocenters. The quantitative estimate of drug-likeness (QED) is 0.530. The molecule has 0 N–H and O–H groups in total. The number of amides is 2. The Morgan fingerprint density at radius 3 is 2.68 bits per heavy atom. The highest BCUT2D eigenvalue weighted by atomic mass is 16.6. The van der Waals surface area contributed by atoms with E-state index in [9.17, 15) is 14.4 Å². The van der Waals surface area contributed by atoms with Gasteiger partial charge in [0.2, 0.25) is 5.91 Å². The highest BCUT2D eigenvalue weighted by molar-refractivity contribution is 6.05. The van der Waals surface area contributed by atoms with Gasteiger partial charge in [-0.3, -0.25) is 14.5 Å². The maximum absolute atomic E-state index is 13.1. The molecule has 0 bridgehead atoms. The van der Waals surface area contributed by atoms with Crippen LogP contribution >= 0.6 is 0 Å². The molecule has 1 aromatic carbocycles. The fourth-order valence-electron chi connectivity index (χ4n) is 4.11. The van der Waals surface area contributed by atoms with Crippen molar-refractivity contribution in [3.63, 3.8) is 0 Å². The summed E-state index contributed by atoms with van der Waals surface area (Å²) in [5.41, 5.74) is 2.02. The molecule has 0 atom stereocenters. The van der Waals surface area contributed by atoms with Crippen LogP contribution in [0.3, 0.4) is 0 Å². The van der Waals surface area contributed by atoms with Crippen molar-refractivity contribution in [2.24, 2.45) is 0 Å². The first-order chi connectivity index (χ1) is 16.4. The highest BCUT2D eigenvalue weighted by Crippen LogP contribution is 2.35. The number of nitrogens with zero attached hydrogens (tertiary/aromatic N) is 4. The minimum absolute atomic E-state index is 0.00661. The third kappa shape index (κ3) is 3.95. The van der Waals surface area contributed by atoms with Gasteiger partial charge in [0, 0.05) is 24.6 Å². The maximum Gasteiger partial charge on any atom is 0.339 e. The van der Waals surface area contributed by atoms with Crippen LogP contribution in [0.5, 0.6) is 11.5 Å². The molecule has 0 spiro atoms. The van der Waals surface area contributed by atoms with Crippen molar-refractivity contribution >= 4 is 28.8 Å². The van der Waals surface area contributed by atoms with Crippen LogP contribution in [0.4, 0.5) is 0 Å². The Morgan fingerprint density at radius 1 is 1.15 bits per heavy atom. The zero-order valence-corrected chi connectivity index (χ0v) is 18.9. The summed E-state index contributed by atoms with van der Waals surface area (Å²) in [6.07, 6.45) is 2.52. The van der Waals surface area contributed by atoms with Crippen molar-refractivity contribution in [3.05, 3.63) is 36.0 Å². The molecule has 3 aromatic rings. The number of imide groups is 1. The minimum Gasteiger partial charge on any atom is -0.486 e. The second-order valence-electron chi connectivity index (χ2n) is 8.45. The Kier molecular flexibility index (Phi) is 5.64. The van der Waals surface area contributed by atoms with E-state index in [1.54, 1.807) is 23.0 Å². The molecule has 10 heteroatoms. The number of aromatic nitrogens is 3. The van der Waals surface area contributed by atoms with Crippen LogP contribution in [-0.4, -0.2) is 63.8 Å². The molecule has 5 rings (SSSR count). The minimum atomic E-state index is -0.686. The number of rotatable bonds is 5. The SMILES string of the molecule is CC(C)n1ncc2c(C(=O)OCC(=O)N3CCCC3=O)cc(-c3ccc4c(c3)OCCO4)nc21. The normalized spacial score (nSPS) is 15.3. The first-order valence-electron chi connectivity index (χ1n) is 11.2. The lowest BCUT2D eigenvalue weighted by Gasteiger charge is -2.19. The van der Waals surface area contributed by atoms with E-state index in [1.807, 2.05) is 26.0 Å². The number of likely N-dealkylation sites (tertiary alicyclic amines) is 1. The third-order valence-corrected chi connectivity index (χ3v) is 5.81. The Balaban J connectivity index is 1.50. The van der Waals surface area contributed by atoms with Crippen LogP contribution in [0.15, 0.2) is 30.5 Å². The molecule has 2 aromatic heterocycles. The topological polar surface area (TPSA) is 113 Å². The lowest BCUT2D eigenvalue weighted by molar-refractivity contribution is -0.143. The molecule has 4 heterocycles. The number of pyridine rings is 1. The van der Waals surface area contributed by atoms with Crippen molar-refractivity contribution in [3.8, 4) is 22.8 Å². The van der Waals surface area contributed by atoms with Gasteiger partial charge in [-0.1, -0.05) is 0 Å². The molecule has 2 amide bonds. The molecule has 1 fully saturated rings. The van der Waals surface area contributed by atoms with Gasteiger partial charge in [-0.2, -0.15) is 5.10 Å². The van der Waals surface area contributed by atoms with E-state index >= 15 is 0 Å². The number of carbonyl (C=O) groups excluding carboxylic acids is 3. The zero-order chi connectivity index (χ0) is 23.8. The third-order valence-electron chi connectivity index (χ3n) is 5.81. The predicted octanol–water partition coefficient (Wildman–Crippen LogP) is 2.76. The molecule has 176 valence electrons. The van der Waals surface area contributed by atoms with Gasteiger partial charge in [0.1, 0.15) is 13.2 Å². The van der Waals surface area contributed by atoms with Crippen molar-refractivity contribution in [2.75, 3.05) is 26.4 Å². The van der Waals surface area contributed by atoms with Gasteiger partial charge in [0.15, 0.2) is 23.8 Å². The van der Waals surface area contributed by atoms with Gasteiger partial charge in [-0.15, -0.1) is 0 Å². The van der Waals surface area contributed by atoms with E-state index in [2.05, 4.69) is 5.10 Å². The number of ether oxygens (including phenoxy) is 3. The van der Waals surface area contributed by atoms with Crippen LogP contribution < -0.4 is 9.47 Å². The monoisotopic (exact) mass is 464 g/mol. The highest BCUT2D eigenvalue weighted by Gasteiger charge is 2.28. The number of carbonyl (C=O) groups is 3. The molecule has 1 saturated heterocycles. The van der Waals surface area contributed by atoms with Gasteiger partial charge in [0.25, 0.3) is 5.91 Å². The number of hydrogen-bond donors (Lipinski definition) is 0. The van der Waals surface area contributed by atoms with Crippen LogP contribution in [0.2, 0.25) is 0 Å². The number of fused-ring (bicyclic) bond motifs is 2. The zero-order valence-electron chi connectivity index (χ0n) is 18.9. The van der Waals surface area contributed by atoms with Crippen molar-refractivity contribution < 1.29 is 28.6 Å². The van der Waals surface area contributed by atoms with Crippen molar-refractivity contribution in [1.29, 1.82) is 0 Å². The molecule has 2 aliphatic heterocycles. The second kappa shape index (κ2) is 8.77. The number of esters is 1. The average Bonchev–Trinajstić information content (AvgIpc) is 3.47. The van der Waals surface area contributed by atoms with Crippen LogP contribution in [0.1, 0.15) is 43.1 Å². The summed E-state index contributed by atoms with van der Waals surface area (Å²) in [6.45, 7) is 4.72. The van der Waals surface area contributed by atoms with Crippen molar-refractivity contribution in [1.82, 2.24) is 19.7 Å². The predicted molar refractivity (Wildman–Crippen MR) is 121 cm³/mol. The van der Waals surface area contributed by atoms with E-state index in [0.29, 0.717) is 60.8 Å². The summed E-state index contributed by atoms with van der Waals surface area (Å²) in [5, 5.41) is 4.91. The summed E-state index contributed by atoms with van der Waals surface area (Å²) in [5.74, 6) is -0.196. The summed E-state index contributed by atoms with van der Waals surface area (Å²) >= 11 is 0. The van der Waals surface area contributed by atoms with Gasteiger partial charge in [-0.25, -0.2) is 14.5 Å². The van der Waals surface area contributed by atoms with Crippen molar-refractivity contribution in [2.45, 2.75) is 32.7 Å². The second-order valence-corrected chi connectivity index (χ2v) is 8.45. The Morgan fingerprint density at radius 2 is 1.94 bits per heavy atom. The first kappa shape index (κ1) is 21.9. The smallest absolute Gasteiger partial charge is 0.339 e. The first-order valence-corrected chi connectivity index (χ1v) is 11.2. The summed E-state index contributed by atoms with van der Waals surface area (Å²) in [4.78, 5) is 43.1. The summed E-state index contributed by atoms with van der Waals surface area (Å²) < 4.78 is 18.3. The summed E-state index contributed by atoms with van der Waals surface area (Å²) in [7, 11) is 0. The molecule has 34 heavy (non-hydrogen) atoms. The lowest BCUT2D eigenvalue weighted by Crippen LogP contribution is -2.35. The van der Waals surface area contributed by atoms with E-state index in [1.165, 1.54) is 0 Å². The molecular weight excluding hydrogens is 440 g/mol. The Labute approximate surface area is 195 Å². The molecule has 0 saturated carbocycles. The van der Waals surface area contributed by atoms with Crippen LogP contribution in [0.25, 0.3) is 22.3 Å². The number of benzene rings is 1. The van der Waals surface area contributed by atoms with E-state index in [-0.39, 0.29) is 17.5 Å². The maximum atomic E-state index is 13.1. The summed E-state index contributed by atoms with van der Waals surface area (Å²) in [6, 6.07) is 7.09. The van der Waals surface area contributed by atoms with Gasteiger partial charge in [-0.05, 0) is 44.5 Å². The molecule has 0 aliphatic carbocycles. The fourth-order valence-corrected chi connectivity index (χ4v) is 4.11. The molecule has 2 aliphatic rings. The van der Waals surface area contributed by atoms with Crippen LogP contribution in [0, 0.1) is 0 Å². The lowest BCUT2D eigenvalue weighted by atomic mass is 10.1.